The summed E-state index contributed by atoms with van der Waals surface area (Å²) >= 11 is 11.9. The highest BCUT2D eigenvalue weighted by molar-refractivity contribution is 6.42. The summed E-state index contributed by atoms with van der Waals surface area (Å²) in [6.45, 7) is 6.41. The predicted octanol–water partition coefficient (Wildman–Crippen LogP) is 2.40. The molecule has 152 valence electrons. The van der Waals surface area contributed by atoms with Gasteiger partial charge in [0.25, 0.3) is 0 Å². The van der Waals surface area contributed by atoms with E-state index in [9.17, 15) is 9.59 Å². The lowest BCUT2D eigenvalue weighted by atomic mass is 10.2. The predicted molar refractivity (Wildman–Crippen MR) is 111 cm³/mol. The molecule has 0 N–H and O–H groups in total. The Morgan fingerprint density at radius 1 is 1.04 bits per heavy atom. The summed E-state index contributed by atoms with van der Waals surface area (Å²) < 4.78 is 5.35. The third kappa shape index (κ3) is 5.95. The molecule has 2 aliphatic heterocycles. The molecule has 2 aliphatic rings. The van der Waals surface area contributed by atoms with Crippen molar-refractivity contribution in [1.82, 2.24) is 14.7 Å². The number of rotatable bonds is 5. The van der Waals surface area contributed by atoms with Crippen molar-refractivity contribution in [3.8, 4) is 0 Å². The van der Waals surface area contributed by atoms with Gasteiger partial charge in [-0.1, -0.05) is 29.3 Å². The van der Waals surface area contributed by atoms with Crippen molar-refractivity contribution >= 4 is 41.1 Å². The van der Waals surface area contributed by atoms with Crippen LogP contribution in [0.15, 0.2) is 24.3 Å². The van der Waals surface area contributed by atoms with E-state index in [4.69, 9.17) is 27.9 Å². The molecule has 3 rings (SSSR count). The molecule has 2 heterocycles. The van der Waals surface area contributed by atoms with Crippen LogP contribution >= 0.6 is 23.2 Å². The number of morpholine rings is 1. The van der Waals surface area contributed by atoms with Crippen LogP contribution in [0.1, 0.15) is 12.0 Å². The maximum Gasteiger partial charge on any atom is 0.246 e. The molecule has 0 saturated carbocycles. The molecule has 0 atom stereocenters. The quantitative estimate of drug-likeness (QED) is 0.679. The van der Waals surface area contributed by atoms with E-state index in [-0.39, 0.29) is 11.8 Å². The van der Waals surface area contributed by atoms with Gasteiger partial charge in [0, 0.05) is 58.3 Å². The number of nitrogens with zero attached hydrogens (tertiary/aromatic N) is 3. The first-order valence-electron chi connectivity index (χ1n) is 9.53. The minimum Gasteiger partial charge on any atom is -0.379 e. The maximum absolute atomic E-state index is 12.5. The Labute approximate surface area is 175 Å². The summed E-state index contributed by atoms with van der Waals surface area (Å²) in [6, 6.07) is 5.22. The summed E-state index contributed by atoms with van der Waals surface area (Å²) in [7, 11) is 0. The molecule has 0 unspecified atom stereocenters. The van der Waals surface area contributed by atoms with E-state index in [0.29, 0.717) is 42.6 Å². The van der Waals surface area contributed by atoms with Gasteiger partial charge in [-0.2, -0.15) is 0 Å². The first-order valence-corrected chi connectivity index (χ1v) is 10.3. The number of ether oxygens (including phenoxy) is 1. The number of carbonyl (C=O) groups is 2. The van der Waals surface area contributed by atoms with Gasteiger partial charge in [-0.25, -0.2) is 0 Å². The van der Waals surface area contributed by atoms with Gasteiger partial charge in [0.2, 0.25) is 11.8 Å². The zero-order valence-electron chi connectivity index (χ0n) is 15.8. The molecule has 2 fully saturated rings. The lowest BCUT2D eigenvalue weighted by Gasteiger charge is -2.29. The number of hydrogen-bond donors (Lipinski definition) is 0. The van der Waals surface area contributed by atoms with Gasteiger partial charge in [0.05, 0.1) is 23.3 Å². The number of hydrogen-bond acceptors (Lipinski definition) is 4. The van der Waals surface area contributed by atoms with E-state index in [1.807, 2.05) is 4.90 Å². The van der Waals surface area contributed by atoms with Crippen molar-refractivity contribution in [1.29, 1.82) is 0 Å². The van der Waals surface area contributed by atoms with Gasteiger partial charge in [-0.15, -0.1) is 0 Å². The van der Waals surface area contributed by atoms with Crippen LogP contribution in [0.2, 0.25) is 10.0 Å². The van der Waals surface area contributed by atoms with E-state index in [1.54, 1.807) is 29.2 Å². The number of amides is 2. The van der Waals surface area contributed by atoms with Gasteiger partial charge in [0.1, 0.15) is 0 Å². The zero-order chi connectivity index (χ0) is 19.9. The summed E-state index contributed by atoms with van der Waals surface area (Å²) in [5.41, 5.74) is 0.806. The molecule has 0 bridgehead atoms. The van der Waals surface area contributed by atoms with Gasteiger partial charge < -0.3 is 14.5 Å². The minimum atomic E-state index is -0.103. The lowest BCUT2D eigenvalue weighted by Crippen LogP contribution is -2.43. The first-order chi connectivity index (χ1) is 13.5. The average molecular weight is 426 g/mol. The molecule has 2 saturated heterocycles. The maximum atomic E-state index is 12.5. The number of benzene rings is 1. The first kappa shape index (κ1) is 21.1. The SMILES string of the molecule is O=C(/C=C/c1ccc(Cl)c(Cl)c1)N1CCC(=O)N(CCN2CCOCC2)CC1. The fourth-order valence-corrected chi connectivity index (χ4v) is 3.61. The normalized spacial score (nSPS) is 19.3. The standard InChI is InChI=1S/C20H25Cl2N3O3/c21-17-3-1-16(15-18(17)22)2-4-19(26)24-6-5-20(27)25(10-9-24)8-7-23-11-13-28-14-12-23/h1-4,15H,5-14H2/b4-2+. The third-order valence-electron chi connectivity index (χ3n) is 5.05. The molecule has 6 nitrogen and oxygen atoms in total. The van der Waals surface area contributed by atoms with E-state index >= 15 is 0 Å². The summed E-state index contributed by atoms with van der Waals surface area (Å²) in [4.78, 5) is 30.8. The van der Waals surface area contributed by atoms with Crippen LogP contribution in [-0.2, 0) is 14.3 Å². The monoisotopic (exact) mass is 425 g/mol. The lowest BCUT2D eigenvalue weighted by molar-refractivity contribution is -0.130. The van der Waals surface area contributed by atoms with Crippen LogP contribution in [0.25, 0.3) is 6.08 Å². The third-order valence-corrected chi connectivity index (χ3v) is 5.79. The van der Waals surface area contributed by atoms with Crippen molar-refractivity contribution in [2.75, 3.05) is 59.0 Å². The second-order valence-electron chi connectivity index (χ2n) is 6.92. The molecule has 1 aromatic rings. The second-order valence-corrected chi connectivity index (χ2v) is 7.73. The van der Waals surface area contributed by atoms with Gasteiger partial charge >= 0.3 is 0 Å². The van der Waals surface area contributed by atoms with Gasteiger partial charge in [-0.05, 0) is 23.8 Å². The van der Waals surface area contributed by atoms with Crippen molar-refractivity contribution < 1.29 is 14.3 Å². The van der Waals surface area contributed by atoms with Crippen LogP contribution in [-0.4, -0.2) is 85.5 Å². The van der Waals surface area contributed by atoms with E-state index in [0.717, 1.165) is 38.4 Å². The summed E-state index contributed by atoms with van der Waals surface area (Å²) in [5, 5.41) is 0.931. The number of carbonyl (C=O) groups excluding carboxylic acids is 2. The van der Waals surface area contributed by atoms with Crippen LogP contribution < -0.4 is 0 Å². The second kappa shape index (κ2) is 10.3. The minimum absolute atomic E-state index is 0.103. The molecule has 2 amide bonds. The highest BCUT2D eigenvalue weighted by Gasteiger charge is 2.23. The molecule has 0 radical (unpaired) electrons. The van der Waals surface area contributed by atoms with Gasteiger partial charge in [-0.3, -0.25) is 14.5 Å². The molecule has 0 aliphatic carbocycles. The Balaban J connectivity index is 1.51. The van der Waals surface area contributed by atoms with Gasteiger partial charge in [0.15, 0.2) is 0 Å². The van der Waals surface area contributed by atoms with Crippen LogP contribution in [0.3, 0.4) is 0 Å². The van der Waals surface area contributed by atoms with E-state index in [1.165, 1.54) is 6.08 Å². The summed E-state index contributed by atoms with van der Waals surface area (Å²) in [6.07, 6.45) is 3.59. The highest BCUT2D eigenvalue weighted by atomic mass is 35.5. The van der Waals surface area contributed by atoms with Crippen LogP contribution in [0.4, 0.5) is 0 Å². The summed E-state index contributed by atoms with van der Waals surface area (Å²) in [5.74, 6) is 0.00549. The molecular formula is C20H25Cl2N3O3. The molecule has 0 aromatic heterocycles. The Hall–Kier alpha value is -1.60. The molecule has 28 heavy (non-hydrogen) atoms. The topological polar surface area (TPSA) is 53.1 Å². The Bertz CT molecular complexity index is 735. The zero-order valence-corrected chi connectivity index (χ0v) is 17.3. The Morgan fingerprint density at radius 3 is 2.57 bits per heavy atom. The van der Waals surface area contributed by atoms with Crippen LogP contribution in [0, 0.1) is 0 Å². The molecule has 8 heteroatoms. The number of halogens is 2. The van der Waals surface area contributed by atoms with Crippen molar-refractivity contribution in [2.45, 2.75) is 6.42 Å². The molecule has 1 aromatic carbocycles. The highest BCUT2D eigenvalue weighted by Crippen LogP contribution is 2.23. The van der Waals surface area contributed by atoms with Crippen molar-refractivity contribution in [3.05, 3.63) is 39.9 Å². The Kier molecular flexibility index (Phi) is 7.73. The molecule has 0 spiro atoms. The van der Waals surface area contributed by atoms with E-state index in [2.05, 4.69) is 4.90 Å². The van der Waals surface area contributed by atoms with Crippen LogP contribution in [0.5, 0.6) is 0 Å². The van der Waals surface area contributed by atoms with Crippen molar-refractivity contribution in [2.24, 2.45) is 0 Å². The smallest absolute Gasteiger partial charge is 0.246 e. The fraction of sp³-hybridized carbons (Fsp3) is 0.500. The fourth-order valence-electron chi connectivity index (χ4n) is 3.30. The largest absolute Gasteiger partial charge is 0.379 e. The van der Waals surface area contributed by atoms with Crippen molar-refractivity contribution in [3.63, 3.8) is 0 Å². The Morgan fingerprint density at radius 2 is 1.82 bits per heavy atom. The van der Waals surface area contributed by atoms with E-state index < -0.39 is 0 Å². The molecular weight excluding hydrogens is 401 g/mol. The average Bonchev–Trinajstić information content (AvgIpc) is 2.89.